The fourth-order valence-electron chi connectivity index (χ4n) is 9.30. The van der Waals surface area contributed by atoms with Crippen LogP contribution in [0.15, 0.2) is 151 Å². The van der Waals surface area contributed by atoms with Crippen LogP contribution in [0.1, 0.15) is 35.1 Å². The van der Waals surface area contributed by atoms with Gasteiger partial charge >= 0.3 is 0 Å². The van der Waals surface area contributed by atoms with Crippen molar-refractivity contribution in [2.24, 2.45) is 4.99 Å². The summed E-state index contributed by atoms with van der Waals surface area (Å²) in [5.74, 6) is 0.337. The zero-order valence-electron chi connectivity index (χ0n) is 38.8. The van der Waals surface area contributed by atoms with Crippen molar-refractivity contribution < 1.29 is 8.78 Å². The quantitative estimate of drug-likeness (QED) is 0.0812. The molecule has 6 heterocycles. The summed E-state index contributed by atoms with van der Waals surface area (Å²) in [5, 5.41) is 0. The third-order valence-corrected chi connectivity index (χ3v) is 13.6. The van der Waals surface area contributed by atoms with Gasteiger partial charge in [-0.1, -0.05) is 61.5 Å². The van der Waals surface area contributed by atoms with E-state index >= 15 is 0 Å². The van der Waals surface area contributed by atoms with Crippen molar-refractivity contribution in [1.82, 2.24) is 49.3 Å². The van der Waals surface area contributed by atoms with Gasteiger partial charge in [0.25, 0.3) is 0 Å². The van der Waals surface area contributed by atoms with Crippen molar-refractivity contribution in [1.29, 1.82) is 0 Å². The first kappa shape index (κ1) is 44.6. The van der Waals surface area contributed by atoms with Crippen LogP contribution in [0.2, 0.25) is 0 Å². The van der Waals surface area contributed by atoms with Crippen LogP contribution in [0.3, 0.4) is 0 Å². The number of halogens is 2. The van der Waals surface area contributed by atoms with Gasteiger partial charge in [0.2, 0.25) is 4.77 Å². The van der Waals surface area contributed by atoms with Crippen LogP contribution < -0.4 is 0 Å². The predicted molar refractivity (Wildman–Crippen MR) is 276 cm³/mol. The zero-order chi connectivity index (χ0) is 47.9. The molecule has 0 bridgehead atoms. The molecule has 1 saturated heterocycles. The van der Waals surface area contributed by atoms with Crippen LogP contribution in [0, 0.1) is 16.4 Å². The Morgan fingerprint density at radius 1 is 0.671 bits per heavy atom. The van der Waals surface area contributed by atoms with Crippen molar-refractivity contribution in [3.05, 3.63) is 185 Å². The SMILES string of the molecule is CN=C(c1ccc2nc(-c3ccc(C(C)c4ccc(-c5[nH]c6cc7nc(=S)n(CCc8cccnc8)c7nc6nc5-c5ccc(F)cc5)cc4)cc3)c(-c3ccc(F)cc3)nc2c1)N1CCN(C)CC1. The van der Waals surface area contributed by atoms with Gasteiger partial charge in [0, 0.05) is 85.9 Å². The van der Waals surface area contributed by atoms with E-state index in [1.807, 2.05) is 42.1 Å². The third-order valence-electron chi connectivity index (χ3n) is 13.3. The molecule has 1 aliphatic heterocycles. The van der Waals surface area contributed by atoms with Crippen LogP contribution in [-0.2, 0) is 13.0 Å². The fourth-order valence-corrected chi connectivity index (χ4v) is 9.58. The van der Waals surface area contributed by atoms with Crippen molar-refractivity contribution in [2.45, 2.75) is 25.8 Å². The summed E-state index contributed by atoms with van der Waals surface area (Å²) in [4.78, 5) is 42.4. The monoisotopic (exact) mass is 943 g/mol. The van der Waals surface area contributed by atoms with Crippen molar-refractivity contribution >= 4 is 51.4 Å². The van der Waals surface area contributed by atoms with Crippen LogP contribution in [-0.4, -0.2) is 95.4 Å². The number of H-pyrrole nitrogens is 1. The molecule has 0 aliphatic carbocycles. The van der Waals surface area contributed by atoms with Gasteiger partial charge in [0.05, 0.1) is 39.3 Å². The lowest BCUT2D eigenvalue weighted by Crippen LogP contribution is -2.47. The summed E-state index contributed by atoms with van der Waals surface area (Å²) < 4.78 is 30.8. The smallest absolute Gasteiger partial charge is 0.201 e. The predicted octanol–water partition coefficient (Wildman–Crippen LogP) is 11.3. The molecule has 70 heavy (non-hydrogen) atoms. The number of likely N-dealkylation sites (N-methyl/N-ethyl adjacent to an activating group) is 1. The first-order chi connectivity index (χ1) is 34.1. The molecule has 1 unspecified atom stereocenters. The highest BCUT2D eigenvalue weighted by molar-refractivity contribution is 7.71. The summed E-state index contributed by atoms with van der Waals surface area (Å²) in [6, 6.07) is 41.7. The van der Waals surface area contributed by atoms with E-state index in [0.717, 1.165) is 99.7 Å². The average molecular weight is 944 g/mol. The number of amidine groups is 1. The molecule has 5 aromatic carbocycles. The Morgan fingerprint density at radius 2 is 1.29 bits per heavy atom. The maximum atomic E-state index is 14.2. The van der Waals surface area contributed by atoms with Gasteiger partial charge in [0.15, 0.2) is 11.3 Å². The lowest BCUT2D eigenvalue weighted by molar-refractivity contribution is 0.215. The Balaban J connectivity index is 0.896. The second kappa shape index (κ2) is 18.9. The lowest BCUT2D eigenvalue weighted by Gasteiger charge is -2.34. The first-order valence-corrected chi connectivity index (χ1v) is 23.7. The lowest BCUT2D eigenvalue weighted by atomic mass is 9.91. The average Bonchev–Trinajstić information content (AvgIpc) is 3.70. The molecule has 346 valence electrons. The number of pyridine rings is 2. The Bertz CT molecular complexity index is 3630. The van der Waals surface area contributed by atoms with E-state index in [0.29, 0.717) is 50.7 Å². The van der Waals surface area contributed by atoms with E-state index in [4.69, 9.17) is 42.1 Å². The number of fused-ring (bicyclic) bond motifs is 3. The highest BCUT2D eigenvalue weighted by Gasteiger charge is 2.22. The van der Waals surface area contributed by atoms with Gasteiger partial charge in [-0.15, -0.1) is 0 Å². The number of benzene rings is 5. The number of imidazole rings is 1. The minimum atomic E-state index is -0.331. The number of rotatable bonds is 10. The van der Waals surface area contributed by atoms with E-state index in [-0.39, 0.29) is 17.6 Å². The van der Waals surface area contributed by atoms with Crippen LogP contribution in [0.4, 0.5) is 8.78 Å². The minimum Gasteiger partial charge on any atom is -0.354 e. The Morgan fingerprint density at radius 3 is 1.91 bits per heavy atom. The molecular weight excluding hydrogens is 897 g/mol. The zero-order valence-corrected chi connectivity index (χ0v) is 39.6. The number of aryl methyl sites for hydroxylation is 2. The third kappa shape index (κ3) is 8.83. The molecule has 1 N–H and O–H groups in total. The molecule has 11 nitrogen and oxygen atoms in total. The summed E-state index contributed by atoms with van der Waals surface area (Å²) in [6.07, 6.45) is 4.32. The number of aliphatic imine (C=N–C) groups is 1. The van der Waals surface area contributed by atoms with Crippen LogP contribution in [0.25, 0.3) is 78.4 Å². The van der Waals surface area contributed by atoms with Crippen molar-refractivity contribution in [2.75, 3.05) is 40.3 Å². The molecule has 10 aromatic rings. The second-order valence-corrected chi connectivity index (χ2v) is 18.1. The van der Waals surface area contributed by atoms with E-state index in [1.54, 1.807) is 30.5 Å². The molecule has 11 rings (SSSR count). The highest BCUT2D eigenvalue weighted by Crippen LogP contribution is 2.36. The maximum Gasteiger partial charge on any atom is 0.201 e. The molecule has 0 saturated carbocycles. The molecule has 14 heteroatoms. The maximum absolute atomic E-state index is 14.2. The molecule has 0 spiro atoms. The Kier molecular flexibility index (Phi) is 12.0. The minimum absolute atomic E-state index is 0.0455. The number of nitrogens with one attached hydrogen (secondary N) is 1. The summed E-state index contributed by atoms with van der Waals surface area (Å²) in [5.41, 5.74) is 14.4. The molecular formula is C56H47F2N11S. The van der Waals surface area contributed by atoms with Crippen molar-refractivity contribution in [3.8, 4) is 45.0 Å². The second-order valence-electron chi connectivity index (χ2n) is 17.8. The van der Waals surface area contributed by atoms with Gasteiger partial charge in [0.1, 0.15) is 23.0 Å². The molecule has 0 radical (unpaired) electrons. The van der Waals surface area contributed by atoms with E-state index in [1.165, 1.54) is 24.3 Å². The summed E-state index contributed by atoms with van der Waals surface area (Å²) in [6.45, 7) is 6.52. The normalized spacial score (nSPS) is 14.0. The molecule has 5 aromatic heterocycles. The van der Waals surface area contributed by atoms with Crippen molar-refractivity contribution in [3.63, 3.8) is 0 Å². The Labute approximate surface area is 408 Å². The number of hydrogen-bond acceptors (Lipinski definition) is 9. The summed E-state index contributed by atoms with van der Waals surface area (Å²) in [7, 11) is 3.98. The standard InChI is InChI=1S/C56H47F2N11S/c1-34(36-6-10-38(11-7-36)49-50(40-14-19-43(57)20-15-40)62-46-31-42(18-23-45(46)61-49)54(59-2)68-29-27-67(3)28-30-68)37-8-12-39(13-9-37)51-52(41-16-21-44(58)22-17-41)65-53-47(63-51)32-48-55(66-53)69(56(70)64-48)26-24-35-5-4-25-60-33-35/h4-23,25,31-34,63H,24,26-30H2,1-3H3. The highest BCUT2D eigenvalue weighted by atomic mass is 32.1. The fraction of sp³-hybridized carbons (Fsp3) is 0.179. The van der Waals surface area contributed by atoms with Crippen LogP contribution >= 0.6 is 12.2 Å². The number of aromatic amines is 1. The number of hydrogen-bond donors (Lipinski definition) is 1. The van der Waals surface area contributed by atoms with Gasteiger partial charge in [-0.3, -0.25) is 14.5 Å². The van der Waals surface area contributed by atoms with Crippen LogP contribution in [0.5, 0.6) is 0 Å². The first-order valence-electron chi connectivity index (χ1n) is 23.3. The van der Waals surface area contributed by atoms with E-state index in [2.05, 4.69) is 94.4 Å². The number of aromatic nitrogens is 8. The topological polar surface area (TPSA) is 117 Å². The molecule has 1 aliphatic rings. The van der Waals surface area contributed by atoms with E-state index in [9.17, 15) is 8.78 Å². The Hall–Kier alpha value is -7.94. The van der Waals surface area contributed by atoms with Gasteiger partial charge in [-0.2, -0.15) is 0 Å². The van der Waals surface area contributed by atoms with Gasteiger partial charge in [-0.05, 0) is 121 Å². The van der Waals surface area contributed by atoms with Gasteiger partial charge < -0.3 is 14.8 Å². The largest absolute Gasteiger partial charge is 0.354 e. The van der Waals surface area contributed by atoms with E-state index < -0.39 is 0 Å². The molecule has 1 atom stereocenters. The number of nitrogens with zero attached hydrogens (tertiary/aromatic N) is 10. The van der Waals surface area contributed by atoms with Gasteiger partial charge in [-0.25, -0.2) is 33.7 Å². The molecule has 0 amide bonds. The number of piperazine rings is 1. The molecule has 1 fully saturated rings. The summed E-state index contributed by atoms with van der Waals surface area (Å²) >= 11 is 5.70.